The number of fused-ring (bicyclic) bond motifs is 1. The van der Waals surface area contributed by atoms with Gasteiger partial charge in [0.15, 0.2) is 0 Å². The van der Waals surface area contributed by atoms with Crippen molar-refractivity contribution in [3.63, 3.8) is 0 Å². The van der Waals surface area contributed by atoms with Crippen molar-refractivity contribution in [3.05, 3.63) is 36.5 Å². The predicted octanol–water partition coefficient (Wildman–Crippen LogP) is 2.19. The number of nitrogens with one attached hydrogen (secondary N) is 1. The molecule has 5 heteroatoms. The number of hydrogen-bond donors (Lipinski definition) is 1. The summed E-state index contributed by atoms with van der Waals surface area (Å²) in [4.78, 5) is 29.8. The Balaban J connectivity index is 1.73. The SMILES string of the molecule is O=C(CN1CCCCC1=O)Nc1cccc2ncccc12. The van der Waals surface area contributed by atoms with Crippen LogP contribution in [0.15, 0.2) is 36.5 Å². The van der Waals surface area contributed by atoms with Crippen molar-refractivity contribution in [2.45, 2.75) is 19.3 Å². The first-order valence-corrected chi connectivity index (χ1v) is 7.15. The van der Waals surface area contributed by atoms with E-state index in [-0.39, 0.29) is 18.4 Å². The van der Waals surface area contributed by atoms with Gasteiger partial charge >= 0.3 is 0 Å². The van der Waals surface area contributed by atoms with Crippen LogP contribution < -0.4 is 5.32 Å². The maximum atomic E-state index is 12.1. The minimum Gasteiger partial charge on any atom is -0.333 e. The van der Waals surface area contributed by atoms with Gasteiger partial charge < -0.3 is 10.2 Å². The number of rotatable bonds is 3. The monoisotopic (exact) mass is 283 g/mol. The van der Waals surface area contributed by atoms with E-state index in [9.17, 15) is 9.59 Å². The molecule has 5 nitrogen and oxygen atoms in total. The first-order chi connectivity index (χ1) is 10.2. The Kier molecular flexibility index (Phi) is 3.81. The quantitative estimate of drug-likeness (QED) is 0.939. The molecular formula is C16H17N3O2. The van der Waals surface area contributed by atoms with Gasteiger partial charge in [0.1, 0.15) is 0 Å². The van der Waals surface area contributed by atoms with E-state index in [4.69, 9.17) is 0 Å². The number of likely N-dealkylation sites (tertiary alicyclic amines) is 1. The highest BCUT2D eigenvalue weighted by atomic mass is 16.2. The van der Waals surface area contributed by atoms with Crippen LogP contribution in [0.25, 0.3) is 10.9 Å². The van der Waals surface area contributed by atoms with Crippen molar-refractivity contribution in [2.75, 3.05) is 18.4 Å². The Labute approximate surface area is 123 Å². The first kappa shape index (κ1) is 13.5. The third kappa shape index (κ3) is 3.02. The standard InChI is InChI=1S/C16H17N3O2/c20-15(11-19-10-2-1-8-16(19)21)18-14-7-3-6-13-12(14)5-4-9-17-13/h3-7,9H,1-2,8,10-11H2,(H,18,20). The fourth-order valence-electron chi connectivity index (χ4n) is 2.60. The Hall–Kier alpha value is -2.43. The van der Waals surface area contributed by atoms with E-state index in [1.165, 1.54) is 0 Å². The second kappa shape index (κ2) is 5.91. The average Bonchev–Trinajstić information content (AvgIpc) is 2.50. The molecule has 3 rings (SSSR count). The van der Waals surface area contributed by atoms with E-state index in [1.54, 1.807) is 11.1 Å². The van der Waals surface area contributed by atoms with Crippen LogP contribution >= 0.6 is 0 Å². The van der Waals surface area contributed by atoms with Crippen molar-refractivity contribution < 1.29 is 9.59 Å². The van der Waals surface area contributed by atoms with Gasteiger partial charge in [-0.15, -0.1) is 0 Å². The third-order valence-electron chi connectivity index (χ3n) is 3.68. The molecule has 0 radical (unpaired) electrons. The largest absolute Gasteiger partial charge is 0.333 e. The van der Waals surface area contributed by atoms with Crippen molar-refractivity contribution >= 4 is 28.4 Å². The Morgan fingerprint density at radius 3 is 3.00 bits per heavy atom. The third-order valence-corrected chi connectivity index (χ3v) is 3.68. The second-order valence-electron chi connectivity index (χ2n) is 5.20. The number of anilines is 1. The van der Waals surface area contributed by atoms with Crippen molar-refractivity contribution in [3.8, 4) is 0 Å². The van der Waals surface area contributed by atoms with Crippen LogP contribution in [0.4, 0.5) is 5.69 Å². The number of pyridine rings is 1. The van der Waals surface area contributed by atoms with Gasteiger partial charge in [-0.3, -0.25) is 14.6 Å². The number of carbonyl (C=O) groups excluding carboxylic acids is 2. The van der Waals surface area contributed by atoms with Crippen LogP contribution in [-0.2, 0) is 9.59 Å². The summed E-state index contributed by atoms with van der Waals surface area (Å²) < 4.78 is 0. The van der Waals surface area contributed by atoms with Gasteiger partial charge in [0.05, 0.1) is 17.7 Å². The Morgan fingerprint density at radius 1 is 1.24 bits per heavy atom. The van der Waals surface area contributed by atoms with Crippen molar-refractivity contribution in [1.29, 1.82) is 0 Å². The summed E-state index contributed by atoms with van der Waals surface area (Å²) in [7, 11) is 0. The molecule has 108 valence electrons. The highest BCUT2D eigenvalue weighted by molar-refractivity contribution is 6.02. The van der Waals surface area contributed by atoms with Crippen molar-refractivity contribution in [2.24, 2.45) is 0 Å². The molecule has 0 bridgehead atoms. The number of piperidine rings is 1. The molecule has 0 aliphatic carbocycles. The lowest BCUT2D eigenvalue weighted by atomic mass is 10.1. The lowest BCUT2D eigenvalue weighted by molar-refractivity contribution is -0.136. The van der Waals surface area contributed by atoms with Gasteiger partial charge in [0, 0.05) is 24.5 Å². The van der Waals surface area contributed by atoms with Crippen molar-refractivity contribution in [1.82, 2.24) is 9.88 Å². The number of hydrogen-bond acceptors (Lipinski definition) is 3. The molecular weight excluding hydrogens is 266 g/mol. The van der Waals surface area contributed by atoms with Crippen LogP contribution in [0.3, 0.4) is 0 Å². The molecule has 0 spiro atoms. The number of amides is 2. The van der Waals surface area contributed by atoms with Crippen LogP contribution in [0, 0.1) is 0 Å². The highest BCUT2D eigenvalue weighted by Gasteiger charge is 2.20. The van der Waals surface area contributed by atoms with Crippen LogP contribution in [0.5, 0.6) is 0 Å². The molecule has 0 unspecified atom stereocenters. The molecule has 1 aromatic heterocycles. The minimum absolute atomic E-state index is 0.0657. The lowest BCUT2D eigenvalue weighted by Gasteiger charge is -2.26. The van der Waals surface area contributed by atoms with Gasteiger partial charge in [-0.05, 0) is 37.1 Å². The molecule has 1 fully saturated rings. The zero-order valence-electron chi connectivity index (χ0n) is 11.7. The lowest BCUT2D eigenvalue weighted by Crippen LogP contribution is -2.40. The summed E-state index contributed by atoms with van der Waals surface area (Å²) >= 11 is 0. The molecule has 1 N–H and O–H groups in total. The number of carbonyl (C=O) groups is 2. The zero-order valence-corrected chi connectivity index (χ0v) is 11.7. The van der Waals surface area contributed by atoms with Gasteiger partial charge in [-0.2, -0.15) is 0 Å². The summed E-state index contributed by atoms with van der Waals surface area (Å²) in [6.45, 7) is 0.791. The number of nitrogens with zero attached hydrogens (tertiary/aromatic N) is 2. The summed E-state index contributed by atoms with van der Waals surface area (Å²) in [6.07, 6.45) is 4.16. The molecule has 1 aliphatic heterocycles. The summed E-state index contributed by atoms with van der Waals surface area (Å²) in [5.74, 6) is -0.0995. The van der Waals surface area contributed by atoms with Crippen LogP contribution in [-0.4, -0.2) is 34.8 Å². The van der Waals surface area contributed by atoms with E-state index >= 15 is 0 Å². The molecule has 2 amide bonds. The average molecular weight is 283 g/mol. The van der Waals surface area contributed by atoms with E-state index in [0.717, 1.165) is 29.4 Å². The molecule has 1 aliphatic rings. The second-order valence-corrected chi connectivity index (χ2v) is 5.20. The molecule has 0 atom stereocenters. The van der Waals surface area contributed by atoms with E-state index in [0.29, 0.717) is 13.0 Å². The summed E-state index contributed by atoms with van der Waals surface area (Å²) in [5, 5.41) is 3.78. The minimum atomic E-state index is -0.165. The smallest absolute Gasteiger partial charge is 0.244 e. The molecule has 1 saturated heterocycles. The molecule has 21 heavy (non-hydrogen) atoms. The molecule has 1 aromatic carbocycles. The summed E-state index contributed by atoms with van der Waals surface area (Å²) in [5.41, 5.74) is 1.57. The first-order valence-electron chi connectivity index (χ1n) is 7.15. The highest BCUT2D eigenvalue weighted by Crippen LogP contribution is 2.21. The number of aromatic nitrogens is 1. The number of benzene rings is 1. The van der Waals surface area contributed by atoms with Crippen LogP contribution in [0.1, 0.15) is 19.3 Å². The van der Waals surface area contributed by atoms with Gasteiger partial charge in [0.2, 0.25) is 11.8 Å². The van der Waals surface area contributed by atoms with E-state index in [2.05, 4.69) is 10.3 Å². The van der Waals surface area contributed by atoms with Gasteiger partial charge in [-0.25, -0.2) is 0 Å². The Bertz CT molecular complexity index is 679. The fraction of sp³-hybridized carbons (Fsp3) is 0.312. The van der Waals surface area contributed by atoms with Gasteiger partial charge in [0.25, 0.3) is 0 Å². The topological polar surface area (TPSA) is 62.3 Å². The molecule has 2 aromatic rings. The Morgan fingerprint density at radius 2 is 2.14 bits per heavy atom. The maximum absolute atomic E-state index is 12.1. The van der Waals surface area contributed by atoms with E-state index < -0.39 is 0 Å². The predicted molar refractivity (Wildman–Crippen MR) is 80.8 cm³/mol. The fourth-order valence-corrected chi connectivity index (χ4v) is 2.60. The normalized spacial score (nSPS) is 15.2. The zero-order chi connectivity index (χ0) is 14.7. The molecule has 0 saturated carbocycles. The maximum Gasteiger partial charge on any atom is 0.244 e. The molecule has 2 heterocycles. The van der Waals surface area contributed by atoms with Gasteiger partial charge in [-0.1, -0.05) is 6.07 Å². The van der Waals surface area contributed by atoms with Crippen LogP contribution in [0.2, 0.25) is 0 Å². The van der Waals surface area contributed by atoms with E-state index in [1.807, 2.05) is 30.3 Å². The summed E-state index contributed by atoms with van der Waals surface area (Å²) in [6, 6.07) is 9.37.